The predicted molar refractivity (Wildman–Crippen MR) is 71.9 cm³/mol. The van der Waals surface area contributed by atoms with Gasteiger partial charge in [-0.2, -0.15) is 5.26 Å². The lowest BCUT2D eigenvalue weighted by Gasteiger charge is -2.30. The van der Waals surface area contributed by atoms with Crippen molar-refractivity contribution in [1.29, 1.82) is 5.26 Å². The molecule has 0 saturated heterocycles. The summed E-state index contributed by atoms with van der Waals surface area (Å²) in [4.78, 5) is 0. The number of nitriles is 1. The molecule has 0 aromatic heterocycles. The van der Waals surface area contributed by atoms with E-state index < -0.39 is 0 Å². The van der Waals surface area contributed by atoms with Gasteiger partial charge in [-0.25, -0.2) is 0 Å². The summed E-state index contributed by atoms with van der Waals surface area (Å²) in [7, 11) is 0. The number of hydrogen-bond donors (Lipinski definition) is 1. The van der Waals surface area contributed by atoms with Gasteiger partial charge in [-0.3, -0.25) is 5.32 Å². The number of benzene rings is 1. The first-order valence-electron chi connectivity index (χ1n) is 5.78. The lowest BCUT2D eigenvalue weighted by atomic mass is 9.86. The first kappa shape index (κ1) is 14.0. The number of nitrogens with one attached hydrogen (secondary N) is 1. The van der Waals surface area contributed by atoms with Crippen LogP contribution in [0.3, 0.4) is 0 Å². The van der Waals surface area contributed by atoms with Crippen molar-refractivity contribution in [2.75, 3.05) is 5.88 Å². The highest BCUT2D eigenvalue weighted by atomic mass is 35.5. The van der Waals surface area contributed by atoms with Crippen molar-refractivity contribution < 1.29 is 0 Å². The van der Waals surface area contributed by atoms with Gasteiger partial charge < -0.3 is 0 Å². The summed E-state index contributed by atoms with van der Waals surface area (Å²) in [6.45, 7) is 6.06. The van der Waals surface area contributed by atoms with Gasteiger partial charge in [0.1, 0.15) is 6.04 Å². The van der Waals surface area contributed by atoms with Crippen LogP contribution in [0, 0.1) is 16.7 Å². The minimum atomic E-state index is -0.254. The van der Waals surface area contributed by atoms with Crippen LogP contribution in [0.2, 0.25) is 0 Å². The van der Waals surface area contributed by atoms with Crippen molar-refractivity contribution >= 4 is 11.6 Å². The van der Waals surface area contributed by atoms with Gasteiger partial charge in [0.25, 0.3) is 0 Å². The summed E-state index contributed by atoms with van der Waals surface area (Å²) >= 11 is 5.91. The first-order valence-corrected chi connectivity index (χ1v) is 6.31. The molecule has 92 valence electrons. The molecule has 1 aromatic rings. The van der Waals surface area contributed by atoms with Crippen LogP contribution in [-0.2, 0) is 0 Å². The zero-order chi connectivity index (χ0) is 12.9. The number of halogens is 1. The second-order valence-corrected chi connectivity index (χ2v) is 5.25. The molecule has 1 rings (SSSR count). The summed E-state index contributed by atoms with van der Waals surface area (Å²) in [5.74, 6) is 0.458. The highest BCUT2D eigenvalue weighted by molar-refractivity contribution is 6.18. The quantitative estimate of drug-likeness (QED) is 0.812. The second kappa shape index (κ2) is 6.05. The van der Waals surface area contributed by atoms with E-state index in [1.165, 1.54) is 5.56 Å². The van der Waals surface area contributed by atoms with E-state index in [2.05, 4.69) is 30.4 Å². The van der Waals surface area contributed by atoms with Crippen molar-refractivity contribution in [1.82, 2.24) is 5.32 Å². The molecule has 0 radical (unpaired) electrons. The van der Waals surface area contributed by atoms with E-state index in [-0.39, 0.29) is 17.5 Å². The van der Waals surface area contributed by atoms with Crippen molar-refractivity contribution in [3.05, 3.63) is 35.9 Å². The van der Waals surface area contributed by atoms with E-state index >= 15 is 0 Å². The third-order valence-electron chi connectivity index (χ3n) is 2.97. The SMILES string of the molecule is CC(NC(C#N)C(C)(C)CCl)c1ccccc1. The maximum atomic E-state index is 9.22. The molecule has 1 aromatic carbocycles. The van der Waals surface area contributed by atoms with Crippen LogP contribution in [0.15, 0.2) is 30.3 Å². The third kappa shape index (κ3) is 3.73. The molecule has 0 saturated carbocycles. The Morgan fingerprint density at radius 1 is 1.35 bits per heavy atom. The van der Waals surface area contributed by atoms with Gasteiger partial charge >= 0.3 is 0 Å². The van der Waals surface area contributed by atoms with E-state index in [9.17, 15) is 5.26 Å². The average Bonchev–Trinajstić information content (AvgIpc) is 2.36. The van der Waals surface area contributed by atoms with Crippen molar-refractivity contribution in [3.63, 3.8) is 0 Å². The van der Waals surface area contributed by atoms with E-state index in [1.54, 1.807) is 0 Å². The summed E-state index contributed by atoms with van der Waals surface area (Å²) in [5, 5.41) is 12.5. The lowest BCUT2D eigenvalue weighted by Crippen LogP contribution is -2.43. The van der Waals surface area contributed by atoms with Crippen LogP contribution in [0.1, 0.15) is 32.4 Å². The van der Waals surface area contributed by atoms with Crippen LogP contribution < -0.4 is 5.32 Å². The fourth-order valence-corrected chi connectivity index (χ4v) is 1.76. The molecule has 3 heteroatoms. The summed E-state index contributed by atoms with van der Waals surface area (Å²) in [6.07, 6.45) is 0. The molecule has 0 aliphatic heterocycles. The lowest BCUT2D eigenvalue weighted by molar-refractivity contribution is 0.305. The van der Waals surface area contributed by atoms with Crippen LogP contribution in [0.4, 0.5) is 0 Å². The molecular formula is C14H19ClN2. The monoisotopic (exact) mass is 250 g/mol. The number of rotatable bonds is 5. The normalized spacial score (nSPS) is 15.0. The van der Waals surface area contributed by atoms with Gasteiger partial charge in [-0.1, -0.05) is 44.2 Å². The Labute approximate surface area is 109 Å². The maximum absolute atomic E-state index is 9.22. The van der Waals surface area contributed by atoms with Crippen LogP contribution in [0.5, 0.6) is 0 Å². The van der Waals surface area contributed by atoms with Crippen molar-refractivity contribution in [3.8, 4) is 6.07 Å². The van der Waals surface area contributed by atoms with Gasteiger partial charge in [0.15, 0.2) is 0 Å². The Morgan fingerprint density at radius 2 is 1.94 bits per heavy atom. The zero-order valence-electron chi connectivity index (χ0n) is 10.6. The molecule has 0 heterocycles. The van der Waals surface area contributed by atoms with Crippen molar-refractivity contribution in [2.24, 2.45) is 5.41 Å². The molecule has 1 N–H and O–H groups in total. The maximum Gasteiger partial charge on any atom is 0.102 e. The fourth-order valence-electron chi connectivity index (χ4n) is 1.60. The molecule has 0 fully saturated rings. The van der Waals surface area contributed by atoms with E-state index in [1.807, 2.05) is 32.0 Å². The van der Waals surface area contributed by atoms with Crippen molar-refractivity contribution in [2.45, 2.75) is 32.9 Å². The zero-order valence-corrected chi connectivity index (χ0v) is 11.3. The molecule has 2 nitrogen and oxygen atoms in total. The molecule has 2 unspecified atom stereocenters. The predicted octanol–water partition coefficient (Wildman–Crippen LogP) is 3.49. The Morgan fingerprint density at radius 3 is 2.41 bits per heavy atom. The highest BCUT2D eigenvalue weighted by Crippen LogP contribution is 2.24. The molecule has 0 spiro atoms. The smallest absolute Gasteiger partial charge is 0.102 e. The number of hydrogen-bond acceptors (Lipinski definition) is 2. The topological polar surface area (TPSA) is 35.8 Å². The fraction of sp³-hybridized carbons (Fsp3) is 0.500. The van der Waals surface area contributed by atoms with E-state index in [0.717, 1.165) is 0 Å². The standard InChI is InChI=1S/C14H19ClN2/c1-11(12-7-5-4-6-8-12)17-13(9-16)14(2,3)10-15/h4-8,11,13,17H,10H2,1-3H3. The Hall–Kier alpha value is -1.04. The molecule has 0 amide bonds. The minimum absolute atomic E-state index is 0.142. The Balaban J connectivity index is 2.74. The number of alkyl halides is 1. The number of nitrogens with zero attached hydrogens (tertiary/aromatic N) is 1. The second-order valence-electron chi connectivity index (χ2n) is 4.98. The highest BCUT2D eigenvalue weighted by Gasteiger charge is 2.29. The molecule has 2 atom stereocenters. The summed E-state index contributed by atoms with van der Waals surface area (Å²) < 4.78 is 0. The molecule has 0 aliphatic carbocycles. The summed E-state index contributed by atoms with van der Waals surface area (Å²) in [5.41, 5.74) is 0.942. The molecule has 0 bridgehead atoms. The minimum Gasteiger partial charge on any atom is -0.295 e. The van der Waals surface area contributed by atoms with Gasteiger partial charge in [-0.15, -0.1) is 11.6 Å². The Kier molecular flexibility index (Phi) is 4.99. The third-order valence-corrected chi connectivity index (χ3v) is 3.66. The van der Waals surface area contributed by atoms with E-state index in [0.29, 0.717) is 5.88 Å². The molecule has 17 heavy (non-hydrogen) atoms. The van der Waals surface area contributed by atoms with Crippen LogP contribution >= 0.6 is 11.6 Å². The molecule has 0 aliphatic rings. The van der Waals surface area contributed by atoms with E-state index in [4.69, 9.17) is 11.6 Å². The van der Waals surface area contributed by atoms with Crippen LogP contribution in [0.25, 0.3) is 0 Å². The van der Waals surface area contributed by atoms with Gasteiger partial charge in [0.2, 0.25) is 0 Å². The average molecular weight is 251 g/mol. The Bertz CT molecular complexity index is 381. The van der Waals surface area contributed by atoms with Gasteiger partial charge in [0, 0.05) is 17.3 Å². The largest absolute Gasteiger partial charge is 0.295 e. The first-order chi connectivity index (χ1) is 8.01. The summed E-state index contributed by atoms with van der Waals surface area (Å²) in [6, 6.07) is 12.3. The van der Waals surface area contributed by atoms with Crippen LogP contribution in [-0.4, -0.2) is 11.9 Å². The van der Waals surface area contributed by atoms with Gasteiger partial charge in [-0.05, 0) is 12.5 Å². The van der Waals surface area contributed by atoms with Gasteiger partial charge in [0.05, 0.1) is 6.07 Å². The molecular weight excluding hydrogens is 232 g/mol.